The Hall–Kier alpha value is -1.87. The van der Waals surface area contributed by atoms with E-state index in [0.29, 0.717) is 38.4 Å². The molecule has 0 radical (unpaired) electrons. The van der Waals surface area contributed by atoms with Gasteiger partial charge < -0.3 is 10.1 Å². The van der Waals surface area contributed by atoms with Crippen molar-refractivity contribution in [2.24, 2.45) is 0 Å². The lowest BCUT2D eigenvalue weighted by Gasteiger charge is -2.26. The van der Waals surface area contributed by atoms with E-state index in [9.17, 15) is 13.2 Å². The minimum absolute atomic E-state index is 0.198. The Morgan fingerprint density at radius 3 is 2.55 bits per heavy atom. The summed E-state index contributed by atoms with van der Waals surface area (Å²) >= 11 is 1.76. The standard InChI is InChI=1S/C21H26N2O4S2/c1-17-3-2-4-18(15-17)16-28-14-9-22-21(24)19-5-7-20(8-6-19)29(25,26)23-10-12-27-13-11-23/h2-8,15H,9-14,16H2,1H3,(H,22,24). The van der Waals surface area contributed by atoms with Gasteiger partial charge in [-0.05, 0) is 36.8 Å². The summed E-state index contributed by atoms with van der Waals surface area (Å²) in [4.78, 5) is 12.5. The monoisotopic (exact) mass is 434 g/mol. The minimum atomic E-state index is -3.54. The Morgan fingerprint density at radius 1 is 1.14 bits per heavy atom. The van der Waals surface area contributed by atoms with Crippen LogP contribution in [0.5, 0.6) is 0 Å². The molecule has 8 heteroatoms. The van der Waals surface area contributed by atoms with Gasteiger partial charge in [0.25, 0.3) is 5.91 Å². The highest BCUT2D eigenvalue weighted by atomic mass is 32.2. The Morgan fingerprint density at radius 2 is 1.86 bits per heavy atom. The number of aryl methyl sites for hydroxylation is 1. The van der Waals surface area contributed by atoms with Crippen LogP contribution in [-0.4, -0.2) is 57.2 Å². The van der Waals surface area contributed by atoms with Crippen molar-refractivity contribution in [2.75, 3.05) is 38.6 Å². The number of carbonyl (C=O) groups is 1. The van der Waals surface area contributed by atoms with Gasteiger partial charge in [-0.1, -0.05) is 29.8 Å². The van der Waals surface area contributed by atoms with Gasteiger partial charge in [0.2, 0.25) is 10.0 Å². The van der Waals surface area contributed by atoms with Crippen LogP contribution in [0.3, 0.4) is 0 Å². The number of nitrogens with zero attached hydrogens (tertiary/aromatic N) is 1. The van der Waals surface area contributed by atoms with Crippen LogP contribution in [0.25, 0.3) is 0 Å². The van der Waals surface area contributed by atoms with Crippen molar-refractivity contribution < 1.29 is 17.9 Å². The molecule has 0 atom stereocenters. The first-order chi connectivity index (χ1) is 14.0. The van der Waals surface area contributed by atoms with E-state index in [4.69, 9.17) is 4.74 Å². The molecule has 2 aromatic carbocycles. The Kier molecular flexibility index (Phi) is 7.71. The van der Waals surface area contributed by atoms with E-state index >= 15 is 0 Å². The van der Waals surface area contributed by atoms with Crippen molar-refractivity contribution in [1.29, 1.82) is 0 Å². The van der Waals surface area contributed by atoms with Gasteiger partial charge in [0, 0.05) is 36.7 Å². The molecule has 2 aromatic rings. The second-order valence-corrected chi connectivity index (χ2v) is 9.88. The van der Waals surface area contributed by atoms with Gasteiger partial charge in [-0.3, -0.25) is 4.79 Å². The quantitative estimate of drug-likeness (QED) is 0.647. The third-order valence-corrected chi connectivity index (χ3v) is 7.55. The van der Waals surface area contributed by atoms with E-state index in [-0.39, 0.29) is 10.8 Å². The third kappa shape index (κ3) is 6.05. The van der Waals surface area contributed by atoms with Crippen LogP contribution < -0.4 is 5.32 Å². The number of ether oxygens (including phenoxy) is 1. The number of hydrogen-bond acceptors (Lipinski definition) is 5. The lowest BCUT2D eigenvalue weighted by molar-refractivity contribution is 0.0730. The van der Waals surface area contributed by atoms with Gasteiger partial charge in [0.15, 0.2) is 0 Å². The molecule has 0 bridgehead atoms. The van der Waals surface area contributed by atoms with Crippen molar-refractivity contribution in [3.8, 4) is 0 Å². The molecule has 1 saturated heterocycles. The van der Waals surface area contributed by atoms with Crippen LogP contribution in [-0.2, 0) is 20.5 Å². The predicted molar refractivity (Wildman–Crippen MR) is 116 cm³/mol. The summed E-state index contributed by atoms with van der Waals surface area (Å²) in [6, 6.07) is 14.5. The van der Waals surface area contributed by atoms with Gasteiger partial charge in [-0.15, -0.1) is 0 Å². The maximum Gasteiger partial charge on any atom is 0.251 e. The molecule has 0 unspecified atom stereocenters. The summed E-state index contributed by atoms with van der Waals surface area (Å²) in [6.07, 6.45) is 0. The second-order valence-electron chi connectivity index (χ2n) is 6.84. The molecule has 156 valence electrons. The number of hydrogen-bond donors (Lipinski definition) is 1. The molecule has 6 nitrogen and oxygen atoms in total. The molecule has 1 aliphatic rings. The molecule has 0 aliphatic carbocycles. The lowest BCUT2D eigenvalue weighted by atomic mass is 10.2. The van der Waals surface area contributed by atoms with E-state index in [2.05, 4.69) is 36.5 Å². The third-order valence-electron chi connectivity index (χ3n) is 4.61. The molecule has 1 N–H and O–H groups in total. The Bertz CT molecular complexity index is 924. The zero-order valence-corrected chi connectivity index (χ0v) is 18.1. The lowest BCUT2D eigenvalue weighted by Crippen LogP contribution is -2.40. The molecule has 29 heavy (non-hydrogen) atoms. The number of nitrogens with one attached hydrogen (secondary N) is 1. The van der Waals surface area contributed by atoms with Crippen LogP contribution in [0.4, 0.5) is 0 Å². The fraction of sp³-hybridized carbons (Fsp3) is 0.381. The maximum atomic E-state index is 12.6. The van der Waals surface area contributed by atoms with Crippen LogP contribution in [0.1, 0.15) is 21.5 Å². The molecule has 0 spiro atoms. The summed E-state index contributed by atoms with van der Waals surface area (Å²) in [5, 5.41) is 2.88. The van der Waals surface area contributed by atoms with Crippen molar-refractivity contribution in [3.63, 3.8) is 0 Å². The first-order valence-electron chi connectivity index (χ1n) is 9.56. The molecule has 1 fully saturated rings. The first-order valence-corrected chi connectivity index (χ1v) is 12.2. The fourth-order valence-electron chi connectivity index (χ4n) is 3.05. The number of sulfonamides is 1. The minimum Gasteiger partial charge on any atom is -0.379 e. The summed E-state index contributed by atoms with van der Waals surface area (Å²) in [5.41, 5.74) is 2.98. The number of rotatable bonds is 8. The summed E-state index contributed by atoms with van der Waals surface area (Å²) < 4.78 is 31.9. The Balaban J connectivity index is 1.46. The second kappa shape index (κ2) is 10.2. The van der Waals surface area contributed by atoms with Crippen molar-refractivity contribution in [3.05, 3.63) is 65.2 Å². The summed E-state index contributed by atoms with van der Waals surface area (Å²) in [6.45, 7) is 4.15. The molecular weight excluding hydrogens is 408 g/mol. The Labute approximate surface area is 176 Å². The number of benzene rings is 2. The maximum absolute atomic E-state index is 12.6. The highest BCUT2D eigenvalue weighted by Crippen LogP contribution is 2.18. The van der Waals surface area contributed by atoms with E-state index in [1.54, 1.807) is 23.9 Å². The van der Waals surface area contributed by atoms with Crippen LogP contribution in [0.15, 0.2) is 53.4 Å². The molecule has 0 aromatic heterocycles. The van der Waals surface area contributed by atoms with E-state index in [1.807, 2.05) is 0 Å². The summed E-state index contributed by atoms with van der Waals surface area (Å²) in [5.74, 6) is 1.52. The molecule has 3 rings (SSSR count). The van der Waals surface area contributed by atoms with Gasteiger partial charge in [0.1, 0.15) is 0 Å². The SMILES string of the molecule is Cc1cccc(CSCCNC(=O)c2ccc(S(=O)(=O)N3CCOCC3)cc2)c1. The van der Waals surface area contributed by atoms with Gasteiger partial charge >= 0.3 is 0 Å². The average molecular weight is 435 g/mol. The average Bonchev–Trinajstić information content (AvgIpc) is 2.74. The van der Waals surface area contributed by atoms with Crippen LogP contribution >= 0.6 is 11.8 Å². The van der Waals surface area contributed by atoms with Crippen molar-refractivity contribution in [2.45, 2.75) is 17.6 Å². The zero-order valence-electron chi connectivity index (χ0n) is 16.5. The molecular formula is C21H26N2O4S2. The van der Waals surface area contributed by atoms with Crippen LogP contribution in [0, 0.1) is 6.92 Å². The first kappa shape index (κ1) is 21.8. The van der Waals surface area contributed by atoms with E-state index < -0.39 is 10.0 Å². The van der Waals surface area contributed by atoms with Gasteiger partial charge in [-0.2, -0.15) is 16.1 Å². The van der Waals surface area contributed by atoms with Crippen LogP contribution in [0.2, 0.25) is 0 Å². The van der Waals surface area contributed by atoms with E-state index in [1.165, 1.54) is 27.6 Å². The largest absolute Gasteiger partial charge is 0.379 e. The molecule has 1 aliphatic heterocycles. The van der Waals surface area contributed by atoms with E-state index in [0.717, 1.165) is 11.5 Å². The molecule has 1 amide bonds. The number of carbonyl (C=O) groups excluding carboxylic acids is 1. The zero-order chi connectivity index (χ0) is 20.7. The molecule has 1 heterocycles. The molecule has 0 saturated carbocycles. The number of thioether (sulfide) groups is 1. The summed E-state index contributed by atoms with van der Waals surface area (Å²) in [7, 11) is -3.54. The normalized spacial score (nSPS) is 15.2. The van der Waals surface area contributed by atoms with Gasteiger partial charge in [0.05, 0.1) is 18.1 Å². The highest BCUT2D eigenvalue weighted by molar-refractivity contribution is 7.98. The number of morpholine rings is 1. The highest BCUT2D eigenvalue weighted by Gasteiger charge is 2.26. The topological polar surface area (TPSA) is 75.7 Å². The smallest absolute Gasteiger partial charge is 0.251 e. The fourth-order valence-corrected chi connectivity index (χ4v) is 5.26. The van der Waals surface area contributed by atoms with Crippen molar-refractivity contribution in [1.82, 2.24) is 9.62 Å². The number of amides is 1. The van der Waals surface area contributed by atoms with Crippen molar-refractivity contribution >= 4 is 27.7 Å². The predicted octanol–water partition coefficient (Wildman–Crippen LogP) is 2.68. The van der Waals surface area contributed by atoms with Gasteiger partial charge in [-0.25, -0.2) is 8.42 Å².